The van der Waals surface area contributed by atoms with E-state index in [9.17, 15) is 0 Å². The van der Waals surface area contributed by atoms with Crippen LogP contribution in [0.5, 0.6) is 0 Å². The van der Waals surface area contributed by atoms with E-state index in [4.69, 9.17) is 0 Å². The molecule has 0 unspecified atom stereocenters. The quantitative estimate of drug-likeness (QED) is 0.596. The van der Waals surface area contributed by atoms with Crippen molar-refractivity contribution in [2.24, 2.45) is 5.10 Å². The van der Waals surface area contributed by atoms with Gasteiger partial charge in [0, 0.05) is 12.4 Å². The Morgan fingerprint density at radius 3 is 2.75 bits per heavy atom. The molecule has 82 valence electrons. The van der Waals surface area contributed by atoms with Gasteiger partial charge in [0.2, 0.25) is 5.16 Å². The highest BCUT2D eigenvalue weighted by Gasteiger charge is 2.04. The molecular weight excluding hydrogens is 222 g/mol. The first-order valence-corrected chi connectivity index (χ1v) is 5.94. The van der Waals surface area contributed by atoms with E-state index in [-0.39, 0.29) is 0 Å². The number of rotatable bonds is 3. The summed E-state index contributed by atoms with van der Waals surface area (Å²) < 4.78 is 1.71. The van der Waals surface area contributed by atoms with E-state index in [1.54, 1.807) is 23.3 Å². The van der Waals surface area contributed by atoms with E-state index in [1.807, 2.05) is 25.3 Å². The van der Waals surface area contributed by atoms with Crippen LogP contribution in [0.1, 0.15) is 11.4 Å². The predicted molar refractivity (Wildman–Crippen MR) is 63.8 cm³/mol. The summed E-state index contributed by atoms with van der Waals surface area (Å²) in [6, 6.07) is 3.78. The van der Waals surface area contributed by atoms with Crippen molar-refractivity contribution in [2.45, 2.75) is 12.1 Å². The third-order valence-electron chi connectivity index (χ3n) is 1.98. The Bertz CT molecular complexity index is 491. The standard InChI is InChI=1S/C10H11N5S/c1-8-13-14-10(16-2)15(8)12-7-9-3-5-11-6-4-9/h3-7H,1-2H3/b12-7-. The van der Waals surface area contributed by atoms with Gasteiger partial charge in [-0.1, -0.05) is 11.8 Å². The van der Waals surface area contributed by atoms with Gasteiger partial charge in [0.15, 0.2) is 5.82 Å². The van der Waals surface area contributed by atoms with Gasteiger partial charge in [-0.05, 0) is 30.9 Å². The second kappa shape index (κ2) is 4.89. The number of thioether (sulfide) groups is 1. The van der Waals surface area contributed by atoms with Crippen molar-refractivity contribution in [3.05, 3.63) is 35.9 Å². The third kappa shape index (κ3) is 2.27. The molecule has 0 saturated heterocycles. The van der Waals surface area contributed by atoms with E-state index in [1.165, 1.54) is 11.8 Å². The summed E-state index contributed by atoms with van der Waals surface area (Å²) in [6.07, 6.45) is 7.17. The molecule has 2 heterocycles. The highest BCUT2D eigenvalue weighted by molar-refractivity contribution is 7.98. The second-order valence-electron chi connectivity index (χ2n) is 3.07. The predicted octanol–water partition coefficient (Wildman–Crippen LogP) is 1.59. The largest absolute Gasteiger partial charge is 0.265 e. The van der Waals surface area contributed by atoms with Crippen LogP contribution in [0, 0.1) is 6.92 Å². The number of nitrogens with zero attached hydrogens (tertiary/aromatic N) is 5. The summed E-state index contributed by atoms with van der Waals surface area (Å²) in [5, 5.41) is 13.1. The van der Waals surface area contributed by atoms with E-state index in [0.717, 1.165) is 16.5 Å². The normalized spacial score (nSPS) is 11.1. The average Bonchev–Trinajstić information content (AvgIpc) is 2.69. The van der Waals surface area contributed by atoms with Crippen molar-refractivity contribution >= 4 is 18.0 Å². The topological polar surface area (TPSA) is 56.0 Å². The number of pyridine rings is 1. The minimum absolute atomic E-state index is 0.773. The Morgan fingerprint density at radius 1 is 1.31 bits per heavy atom. The van der Waals surface area contributed by atoms with Crippen molar-refractivity contribution in [3.63, 3.8) is 0 Å². The van der Waals surface area contributed by atoms with Crippen molar-refractivity contribution in [3.8, 4) is 0 Å². The molecule has 0 aromatic carbocycles. The molecule has 0 saturated carbocycles. The Labute approximate surface area is 97.6 Å². The van der Waals surface area contributed by atoms with E-state index < -0.39 is 0 Å². The van der Waals surface area contributed by atoms with E-state index >= 15 is 0 Å². The maximum atomic E-state index is 4.32. The lowest BCUT2D eigenvalue weighted by Gasteiger charge is -1.98. The van der Waals surface area contributed by atoms with Crippen LogP contribution in [0.15, 0.2) is 34.8 Å². The van der Waals surface area contributed by atoms with Gasteiger partial charge in [0.25, 0.3) is 0 Å². The number of hydrogen-bond acceptors (Lipinski definition) is 5. The second-order valence-corrected chi connectivity index (χ2v) is 3.84. The van der Waals surface area contributed by atoms with Gasteiger partial charge in [0.1, 0.15) is 0 Å². The minimum Gasteiger partial charge on any atom is -0.265 e. The molecule has 0 fully saturated rings. The van der Waals surface area contributed by atoms with Gasteiger partial charge in [-0.2, -0.15) is 9.78 Å². The smallest absolute Gasteiger partial charge is 0.211 e. The van der Waals surface area contributed by atoms with Crippen LogP contribution in [-0.2, 0) is 0 Å². The SMILES string of the molecule is CSc1nnc(C)n1/N=C\c1ccncc1. The lowest BCUT2D eigenvalue weighted by Crippen LogP contribution is -1.95. The minimum atomic E-state index is 0.773. The molecule has 16 heavy (non-hydrogen) atoms. The van der Waals surface area contributed by atoms with Crippen molar-refractivity contribution in [1.29, 1.82) is 0 Å². The molecule has 0 radical (unpaired) electrons. The average molecular weight is 233 g/mol. The fourth-order valence-electron chi connectivity index (χ4n) is 1.17. The first kappa shape index (κ1) is 10.8. The number of aryl methyl sites for hydroxylation is 1. The molecule has 2 aromatic heterocycles. The molecule has 0 amide bonds. The monoisotopic (exact) mass is 233 g/mol. The zero-order valence-corrected chi connectivity index (χ0v) is 9.85. The van der Waals surface area contributed by atoms with Crippen LogP contribution >= 0.6 is 11.8 Å². The highest BCUT2D eigenvalue weighted by Crippen LogP contribution is 2.12. The molecule has 0 aliphatic heterocycles. The zero-order valence-electron chi connectivity index (χ0n) is 9.03. The van der Waals surface area contributed by atoms with Gasteiger partial charge in [-0.3, -0.25) is 4.98 Å². The highest BCUT2D eigenvalue weighted by atomic mass is 32.2. The fourth-order valence-corrected chi connectivity index (χ4v) is 1.65. The van der Waals surface area contributed by atoms with Crippen molar-refractivity contribution < 1.29 is 0 Å². The Kier molecular flexibility index (Phi) is 3.31. The summed E-state index contributed by atoms with van der Waals surface area (Å²) in [5.74, 6) is 0.773. The first-order valence-electron chi connectivity index (χ1n) is 4.71. The van der Waals surface area contributed by atoms with Gasteiger partial charge in [-0.25, -0.2) is 0 Å². The van der Waals surface area contributed by atoms with Gasteiger partial charge in [-0.15, -0.1) is 10.2 Å². The third-order valence-corrected chi connectivity index (χ3v) is 2.60. The Hall–Kier alpha value is -1.69. The molecule has 5 nitrogen and oxygen atoms in total. The Balaban J connectivity index is 2.27. The van der Waals surface area contributed by atoms with Crippen molar-refractivity contribution in [1.82, 2.24) is 19.9 Å². The molecule has 0 aliphatic rings. The van der Waals surface area contributed by atoms with E-state index in [2.05, 4.69) is 20.3 Å². The molecule has 0 atom stereocenters. The van der Waals surface area contributed by atoms with Gasteiger partial charge < -0.3 is 0 Å². The van der Waals surface area contributed by atoms with Crippen LogP contribution in [0.4, 0.5) is 0 Å². The number of aromatic nitrogens is 4. The maximum Gasteiger partial charge on any atom is 0.211 e. The summed E-state index contributed by atoms with van der Waals surface area (Å²) >= 11 is 1.51. The molecular formula is C10H11N5S. The van der Waals surface area contributed by atoms with Crippen molar-refractivity contribution in [2.75, 3.05) is 6.26 Å². The molecule has 2 aromatic rings. The van der Waals surface area contributed by atoms with Gasteiger partial charge in [0.05, 0.1) is 6.21 Å². The maximum absolute atomic E-state index is 4.32. The lowest BCUT2D eigenvalue weighted by molar-refractivity contribution is 0.745. The molecule has 0 aliphatic carbocycles. The number of hydrogen-bond donors (Lipinski definition) is 0. The molecule has 2 rings (SSSR count). The van der Waals surface area contributed by atoms with Crippen LogP contribution < -0.4 is 0 Å². The zero-order chi connectivity index (χ0) is 11.4. The lowest BCUT2D eigenvalue weighted by atomic mass is 10.3. The fraction of sp³-hybridized carbons (Fsp3) is 0.200. The van der Waals surface area contributed by atoms with Crippen LogP contribution in [-0.4, -0.2) is 32.3 Å². The molecule has 0 spiro atoms. The van der Waals surface area contributed by atoms with Crippen LogP contribution in [0.2, 0.25) is 0 Å². The molecule has 0 bridgehead atoms. The summed E-state index contributed by atoms with van der Waals surface area (Å²) in [4.78, 5) is 3.94. The van der Waals surface area contributed by atoms with Crippen LogP contribution in [0.3, 0.4) is 0 Å². The summed E-state index contributed by atoms with van der Waals surface area (Å²) in [5.41, 5.74) is 0.996. The first-order chi connectivity index (χ1) is 7.81. The van der Waals surface area contributed by atoms with Crippen LogP contribution in [0.25, 0.3) is 0 Å². The summed E-state index contributed by atoms with van der Waals surface area (Å²) in [6.45, 7) is 1.87. The van der Waals surface area contributed by atoms with Gasteiger partial charge >= 0.3 is 0 Å². The van der Waals surface area contributed by atoms with E-state index in [0.29, 0.717) is 0 Å². The summed E-state index contributed by atoms with van der Waals surface area (Å²) in [7, 11) is 0. The Morgan fingerprint density at radius 2 is 2.06 bits per heavy atom. The molecule has 6 heteroatoms. The molecule has 0 N–H and O–H groups in total.